The van der Waals surface area contributed by atoms with Crippen LogP contribution in [0.1, 0.15) is 17.2 Å². The molecule has 27 heavy (non-hydrogen) atoms. The van der Waals surface area contributed by atoms with Crippen molar-refractivity contribution in [3.8, 4) is 0 Å². The van der Waals surface area contributed by atoms with Gasteiger partial charge in [-0.2, -0.15) is 16.1 Å². The van der Waals surface area contributed by atoms with Gasteiger partial charge in [0.15, 0.2) is 5.58 Å². The largest absolute Gasteiger partial charge is 0.417 e. The van der Waals surface area contributed by atoms with E-state index in [0.717, 1.165) is 5.56 Å². The van der Waals surface area contributed by atoms with Crippen molar-refractivity contribution in [3.63, 3.8) is 0 Å². The zero-order valence-electron chi connectivity index (χ0n) is 14.2. The lowest BCUT2D eigenvalue weighted by Gasteiger charge is -2.20. The molecule has 9 heteroatoms. The predicted octanol–water partition coefficient (Wildman–Crippen LogP) is 3.64. The Hall–Kier alpha value is -1.74. The zero-order chi connectivity index (χ0) is 19.0. The second kappa shape index (κ2) is 7.35. The SMILES string of the molecule is O=c1[nH]c2cc(S(=O)(=O)N3CCSC(c4ccccc4Cl)CC3)ccc2o1. The lowest BCUT2D eigenvalue weighted by Crippen LogP contribution is -2.33. The first-order valence-electron chi connectivity index (χ1n) is 8.44. The van der Waals surface area contributed by atoms with E-state index < -0.39 is 15.8 Å². The highest BCUT2D eigenvalue weighted by Crippen LogP contribution is 2.38. The Morgan fingerprint density at radius 2 is 2.00 bits per heavy atom. The molecule has 1 unspecified atom stereocenters. The molecule has 1 aliphatic heterocycles. The Morgan fingerprint density at radius 1 is 1.19 bits per heavy atom. The lowest BCUT2D eigenvalue weighted by atomic mass is 10.1. The molecule has 1 aromatic heterocycles. The number of oxazole rings is 1. The lowest BCUT2D eigenvalue weighted by molar-refractivity contribution is 0.428. The van der Waals surface area contributed by atoms with E-state index in [1.807, 2.05) is 24.3 Å². The molecule has 1 aliphatic rings. The summed E-state index contributed by atoms with van der Waals surface area (Å²) in [6.07, 6.45) is 0.679. The summed E-state index contributed by atoms with van der Waals surface area (Å²) in [7, 11) is -3.66. The van der Waals surface area contributed by atoms with Gasteiger partial charge in [0.25, 0.3) is 0 Å². The number of sulfonamides is 1. The quantitative estimate of drug-likeness (QED) is 0.693. The van der Waals surface area contributed by atoms with Crippen LogP contribution in [0.2, 0.25) is 5.02 Å². The number of fused-ring (bicyclic) bond motifs is 1. The predicted molar refractivity (Wildman–Crippen MR) is 107 cm³/mol. The fourth-order valence-corrected chi connectivity index (χ4v) is 6.41. The van der Waals surface area contributed by atoms with Crippen LogP contribution in [0, 0.1) is 0 Å². The Bertz CT molecular complexity index is 1140. The first kappa shape index (κ1) is 18.6. The van der Waals surface area contributed by atoms with Crippen molar-refractivity contribution >= 4 is 44.5 Å². The Balaban J connectivity index is 1.58. The summed E-state index contributed by atoms with van der Waals surface area (Å²) < 4.78 is 32.6. The van der Waals surface area contributed by atoms with Gasteiger partial charge in [0.2, 0.25) is 10.0 Å². The number of aromatic nitrogens is 1. The van der Waals surface area contributed by atoms with E-state index in [1.165, 1.54) is 22.5 Å². The van der Waals surface area contributed by atoms with Crippen LogP contribution in [0.4, 0.5) is 0 Å². The molecular formula is C18H17ClN2O4S2. The molecule has 0 bridgehead atoms. The van der Waals surface area contributed by atoms with E-state index in [1.54, 1.807) is 11.8 Å². The number of benzene rings is 2. The summed E-state index contributed by atoms with van der Waals surface area (Å²) in [6.45, 7) is 0.832. The van der Waals surface area contributed by atoms with Gasteiger partial charge in [0, 0.05) is 29.1 Å². The number of nitrogens with zero attached hydrogens (tertiary/aromatic N) is 1. The van der Waals surface area contributed by atoms with Crippen LogP contribution in [0.15, 0.2) is 56.6 Å². The van der Waals surface area contributed by atoms with E-state index in [9.17, 15) is 13.2 Å². The summed E-state index contributed by atoms with van der Waals surface area (Å²) in [5.74, 6) is 0.0770. The minimum absolute atomic E-state index is 0.147. The number of nitrogens with one attached hydrogen (secondary N) is 1. The highest BCUT2D eigenvalue weighted by atomic mass is 35.5. The van der Waals surface area contributed by atoms with Gasteiger partial charge in [-0.05, 0) is 36.2 Å². The summed E-state index contributed by atoms with van der Waals surface area (Å²) in [5.41, 5.74) is 1.75. The maximum Gasteiger partial charge on any atom is 0.417 e. The summed E-state index contributed by atoms with van der Waals surface area (Å²) >= 11 is 8.03. The van der Waals surface area contributed by atoms with Crippen LogP contribution in [0.5, 0.6) is 0 Å². The summed E-state index contributed by atoms with van der Waals surface area (Å²) in [4.78, 5) is 13.9. The van der Waals surface area contributed by atoms with Gasteiger partial charge in [-0.3, -0.25) is 4.98 Å². The molecule has 1 fully saturated rings. The topological polar surface area (TPSA) is 83.4 Å². The first-order chi connectivity index (χ1) is 12.9. The molecule has 0 saturated carbocycles. The third kappa shape index (κ3) is 3.67. The first-order valence-corrected chi connectivity index (χ1v) is 11.3. The number of hydrogen-bond donors (Lipinski definition) is 1. The van der Waals surface area contributed by atoms with Gasteiger partial charge >= 0.3 is 5.76 Å². The van der Waals surface area contributed by atoms with Gasteiger partial charge in [-0.15, -0.1) is 0 Å². The molecule has 0 amide bonds. The van der Waals surface area contributed by atoms with Crippen molar-refractivity contribution in [2.45, 2.75) is 16.6 Å². The normalized spacial score (nSPS) is 19.2. The molecule has 4 rings (SSSR count). The fourth-order valence-electron chi connectivity index (χ4n) is 3.22. The molecule has 0 aliphatic carbocycles. The number of hydrogen-bond acceptors (Lipinski definition) is 5. The monoisotopic (exact) mass is 424 g/mol. The molecule has 0 radical (unpaired) electrons. The third-order valence-corrected chi connectivity index (χ3v) is 8.13. The van der Waals surface area contributed by atoms with Crippen LogP contribution in [0.3, 0.4) is 0 Å². The van der Waals surface area contributed by atoms with E-state index in [0.29, 0.717) is 41.4 Å². The molecule has 1 N–H and O–H groups in total. The standard InChI is InChI=1S/C18H17ClN2O4S2/c19-14-4-2-1-3-13(14)17-7-8-21(9-10-26-17)27(23,24)12-5-6-16-15(11-12)20-18(22)25-16/h1-6,11,17H,7-10H2,(H,20,22). The van der Waals surface area contributed by atoms with Crippen LogP contribution in [0.25, 0.3) is 11.1 Å². The minimum Gasteiger partial charge on any atom is -0.408 e. The van der Waals surface area contributed by atoms with Gasteiger partial charge in [0.05, 0.1) is 10.4 Å². The highest BCUT2D eigenvalue weighted by molar-refractivity contribution is 7.99. The number of H-pyrrole nitrogens is 1. The maximum atomic E-state index is 13.1. The van der Waals surface area contributed by atoms with E-state index >= 15 is 0 Å². The van der Waals surface area contributed by atoms with Crippen molar-refractivity contribution in [1.82, 2.24) is 9.29 Å². The number of thioether (sulfide) groups is 1. The molecule has 1 atom stereocenters. The van der Waals surface area contributed by atoms with E-state index in [-0.39, 0.29) is 10.1 Å². The van der Waals surface area contributed by atoms with Gasteiger partial charge in [0.1, 0.15) is 0 Å². The van der Waals surface area contributed by atoms with Crippen molar-refractivity contribution in [2.24, 2.45) is 0 Å². The fraction of sp³-hybridized carbons (Fsp3) is 0.278. The van der Waals surface area contributed by atoms with Crippen molar-refractivity contribution in [1.29, 1.82) is 0 Å². The number of rotatable bonds is 3. The average molecular weight is 425 g/mol. The van der Waals surface area contributed by atoms with Gasteiger partial charge in [-0.25, -0.2) is 13.2 Å². The van der Waals surface area contributed by atoms with Crippen LogP contribution >= 0.6 is 23.4 Å². The number of halogens is 1. The highest BCUT2D eigenvalue weighted by Gasteiger charge is 2.29. The average Bonchev–Trinajstić information content (AvgIpc) is 2.85. The van der Waals surface area contributed by atoms with Crippen LogP contribution in [-0.4, -0.2) is 36.5 Å². The van der Waals surface area contributed by atoms with Crippen LogP contribution in [-0.2, 0) is 10.0 Å². The molecule has 142 valence electrons. The second-order valence-corrected chi connectivity index (χ2v) is 9.90. The Labute approximate surface area is 165 Å². The Kier molecular flexibility index (Phi) is 5.07. The third-order valence-electron chi connectivity index (χ3n) is 4.58. The molecule has 0 spiro atoms. The van der Waals surface area contributed by atoms with E-state index in [2.05, 4.69) is 4.98 Å². The van der Waals surface area contributed by atoms with E-state index in [4.69, 9.17) is 16.0 Å². The molecule has 6 nitrogen and oxygen atoms in total. The van der Waals surface area contributed by atoms with Gasteiger partial charge < -0.3 is 4.42 Å². The molecular weight excluding hydrogens is 408 g/mol. The summed E-state index contributed by atoms with van der Waals surface area (Å²) in [5, 5.41) is 0.868. The molecule has 3 aromatic rings. The van der Waals surface area contributed by atoms with Gasteiger partial charge in [-0.1, -0.05) is 29.8 Å². The number of aromatic amines is 1. The van der Waals surface area contributed by atoms with Crippen LogP contribution < -0.4 is 5.76 Å². The zero-order valence-corrected chi connectivity index (χ0v) is 16.6. The van der Waals surface area contributed by atoms with Crippen molar-refractivity contribution in [2.75, 3.05) is 18.8 Å². The summed E-state index contributed by atoms with van der Waals surface area (Å²) in [6, 6.07) is 12.1. The Morgan fingerprint density at radius 3 is 2.81 bits per heavy atom. The molecule has 2 heterocycles. The smallest absolute Gasteiger partial charge is 0.408 e. The molecule has 1 saturated heterocycles. The minimum atomic E-state index is -3.66. The van der Waals surface area contributed by atoms with Crippen molar-refractivity contribution < 1.29 is 12.8 Å². The van der Waals surface area contributed by atoms with Crippen molar-refractivity contribution in [3.05, 3.63) is 63.6 Å². The molecule has 2 aromatic carbocycles. The second-order valence-electron chi connectivity index (χ2n) is 6.25. The maximum absolute atomic E-state index is 13.1.